The molecule has 0 radical (unpaired) electrons. The summed E-state index contributed by atoms with van der Waals surface area (Å²) in [6, 6.07) is 10.4. The van der Waals surface area contributed by atoms with E-state index in [4.69, 9.17) is 4.74 Å². The molecule has 2 unspecified atom stereocenters. The molecule has 36 heavy (non-hydrogen) atoms. The minimum absolute atomic E-state index is 0.125. The van der Waals surface area contributed by atoms with Crippen molar-refractivity contribution in [2.24, 2.45) is 11.8 Å². The number of benzene rings is 2. The van der Waals surface area contributed by atoms with Gasteiger partial charge in [-0.2, -0.15) is 0 Å². The normalized spacial score (nSPS) is 19.6. The first kappa shape index (κ1) is 26.0. The van der Waals surface area contributed by atoms with E-state index in [2.05, 4.69) is 29.4 Å². The molecule has 2 aromatic rings. The maximum absolute atomic E-state index is 15.4. The highest BCUT2D eigenvalue weighted by molar-refractivity contribution is 6.02. The first-order valence-corrected chi connectivity index (χ1v) is 13.3. The third kappa shape index (κ3) is 6.37. The van der Waals surface area contributed by atoms with Gasteiger partial charge in [-0.3, -0.25) is 0 Å². The number of carbonyl (C=O) groups is 2. The standard InChI is InChI=1S/C29H38FN3O3/c1-4-36-23-12-10-21(11-13-23)31-29(35)32-27-15-25(24-14-20(24)18-34)26(30)16-28(27)33(17-19(2)3)22-8-6-5-7-9-22/h10-13,15-16,18-20,22,24H,4-9,14,17H2,1-3H3,(H2,31,32,35). The van der Waals surface area contributed by atoms with Gasteiger partial charge in [0.15, 0.2) is 0 Å². The number of hydrogen-bond donors (Lipinski definition) is 2. The van der Waals surface area contributed by atoms with E-state index in [1.165, 1.54) is 6.42 Å². The molecule has 2 aliphatic rings. The predicted molar refractivity (Wildman–Crippen MR) is 143 cm³/mol. The van der Waals surface area contributed by atoms with Crippen molar-refractivity contribution in [2.45, 2.75) is 71.3 Å². The molecular formula is C29H38FN3O3. The van der Waals surface area contributed by atoms with Gasteiger partial charge in [-0.15, -0.1) is 0 Å². The highest BCUT2D eigenvalue weighted by Crippen LogP contribution is 2.49. The number of anilines is 3. The Hall–Kier alpha value is -3.09. The van der Waals surface area contributed by atoms with E-state index >= 15 is 4.39 Å². The summed E-state index contributed by atoms with van der Waals surface area (Å²) in [5.74, 6) is 0.532. The topological polar surface area (TPSA) is 70.7 Å². The van der Waals surface area contributed by atoms with Gasteiger partial charge in [0, 0.05) is 24.2 Å². The number of ether oxygens (including phenoxy) is 1. The van der Waals surface area contributed by atoms with Gasteiger partial charge >= 0.3 is 6.03 Å². The average Bonchev–Trinajstić information content (AvgIpc) is 3.65. The van der Waals surface area contributed by atoms with Crippen LogP contribution in [0.15, 0.2) is 36.4 Å². The Morgan fingerprint density at radius 3 is 2.47 bits per heavy atom. The predicted octanol–water partition coefficient (Wildman–Crippen LogP) is 6.97. The van der Waals surface area contributed by atoms with Crippen molar-refractivity contribution in [3.8, 4) is 5.75 Å². The SMILES string of the molecule is CCOc1ccc(NC(=O)Nc2cc(C3CC3C=O)c(F)cc2N(CC(C)C)C2CCCCC2)cc1. The van der Waals surface area contributed by atoms with E-state index in [0.29, 0.717) is 47.6 Å². The van der Waals surface area contributed by atoms with E-state index in [9.17, 15) is 9.59 Å². The number of carbonyl (C=O) groups excluding carboxylic acids is 2. The van der Waals surface area contributed by atoms with Crippen molar-refractivity contribution in [3.05, 3.63) is 47.8 Å². The summed E-state index contributed by atoms with van der Waals surface area (Å²) in [5.41, 5.74) is 2.43. The zero-order valence-corrected chi connectivity index (χ0v) is 21.6. The Morgan fingerprint density at radius 1 is 1.14 bits per heavy atom. The summed E-state index contributed by atoms with van der Waals surface area (Å²) in [5, 5.41) is 5.87. The van der Waals surface area contributed by atoms with Crippen molar-refractivity contribution in [3.63, 3.8) is 0 Å². The lowest BCUT2D eigenvalue weighted by molar-refractivity contribution is -0.108. The Bertz CT molecular complexity index is 1050. The van der Waals surface area contributed by atoms with Gasteiger partial charge < -0.3 is 25.1 Å². The highest BCUT2D eigenvalue weighted by atomic mass is 19.1. The zero-order valence-electron chi connectivity index (χ0n) is 21.6. The molecule has 2 aliphatic carbocycles. The molecule has 2 aromatic carbocycles. The lowest BCUT2D eigenvalue weighted by Gasteiger charge is -2.38. The second kappa shape index (κ2) is 11.8. The first-order chi connectivity index (χ1) is 17.4. The molecule has 2 atom stereocenters. The molecule has 194 valence electrons. The summed E-state index contributed by atoms with van der Waals surface area (Å²) in [7, 11) is 0. The number of nitrogens with one attached hydrogen (secondary N) is 2. The fourth-order valence-corrected chi connectivity index (χ4v) is 5.24. The molecule has 2 saturated carbocycles. The van der Waals surface area contributed by atoms with Crippen LogP contribution in [-0.2, 0) is 4.79 Å². The number of hydrogen-bond acceptors (Lipinski definition) is 4. The fourth-order valence-electron chi connectivity index (χ4n) is 5.24. The van der Waals surface area contributed by atoms with Crippen LogP contribution in [0.5, 0.6) is 5.75 Å². The van der Waals surface area contributed by atoms with Crippen LogP contribution >= 0.6 is 0 Å². The number of rotatable bonds is 10. The monoisotopic (exact) mass is 495 g/mol. The van der Waals surface area contributed by atoms with Crippen LogP contribution in [-0.4, -0.2) is 31.5 Å². The third-order valence-corrected chi connectivity index (χ3v) is 7.09. The largest absolute Gasteiger partial charge is 0.494 e. The molecule has 4 rings (SSSR count). The average molecular weight is 496 g/mol. The summed E-state index contributed by atoms with van der Waals surface area (Å²) < 4.78 is 20.9. The smallest absolute Gasteiger partial charge is 0.323 e. The number of urea groups is 1. The van der Waals surface area contributed by atoms with Gasteiger partial charge in [0.2, 0.25) is 0 Å². The van der Waals surface area contributed by atoms with E-state index < -0.39 is 6.03 Å². The third-order valence-electron chi connectivity index (χ3n) is 7.09. The van der Waals surface area contributed by atoms with Gasteiger partial charge in [-0.25, -0.2) is 9.18 Å². The van der Waals surface area contributed by atoms with E-state index in [-0.39, 0.29) is 17.7 Å². The molecule has 0 spiro atoms. The van der Waals surface area contributed by atoms with Crippen LogP contribution in [0.3, 0.4) is 0 Å². The van der Waals surface area contributed by atoms with Gasteiger partial charge in [0.05, 0.1) is 18.0 Å². The number of nitrogens with zero attached hydrogens (tertiary/aromatic N) is 1. The van der Waals surface area contributed by atoms with E-state index in [1.54, 1.807) is 36.4 Å². The van der Waals surface area contributed by atoms with Gasteiger partial charge in [-0.1, -0.05) is 33.1 Å². The van der Waals surface area contributed by atoms with Crippen LogP contribution in [0.1, 0.15) is 70.8 Å². The van der Waals surface area contributed by atoms with E-state index in [0.717, 1.165) is 44.3 Å². The Kier molecular flexibility index (Phi) is 8.49. The molecule has 7 heteroatoms. The molecule has 0 heterocycles. The van der Waals surface area contributed by atoms with Crippen LogP contribution in [0.25, 0.3) is 0 Å². The Balaban J connectivity index is 1.63. The maximum Gasteiger partial charge on any atom is 0.323 e. The summed E-state index contributed by atoms with van der Waals surface area (Å²) in [4.78, 5) is 26.6. The maximum atomic E-state index is 15.4. The van der Waals surface area contributed by atoms with Crippen molar-refractivity contribution in [1.82, 2.24) is 0 Å². The molecule has 0 aliphatic heterocycles. The minimum Gasteiger partial charge on any atom is -0.494 e. The van der Waals surface area contributed by atoms with Crippen LogP contribution in [0.2, 0.25) is 0 Å². The number of amides is 2. The molecule has 0 saturated heterocycles. The molecular weight excluding hydrogens is 457 g/mol. The molecule has 0 bridgehead atoms. The van der Waals surface area contributed by atoms with Crippen LogP contribution < -0.4 is 20.3 Å². The Morgan fingerprint density at radius 2 is 1.86 bits per heavy atom. The second-order valence-electron chi connectivity index (χ2n) is 10.4. The van der Waals surface area contributed by atoms with Crippen molar-refractivity contribution in [2.75, 3.05) is 28.7 Å². The van der Waals surface area contributed by atoms with Gasteiger partial charge in [0.1, 0.15) is 17.9 Å². The molecule has 2 fully saturated rings. The first-order valence-electron chi connectivity index (χ1n) is 13.3. The molecule has 2 amide bonds. The van der Waals surface area contributed by atoms with Crippen molar-refractivity contribution in [1.29, 1.82) is 0 Å². The Labute approximate surface area is 213 Å². The second-order valence-corrected chi connectivity index (χ2v) is 10.4. The number of aldehydes is 1. The summed E-state index contributed by atoms with van der Waals surface area (Å²) >= 11 is 0. The van der Waals surface area contributed by atoms with E-state index in [1.807, 2.05) is 6.92 Å². The lowest BCUT2D eigenvalue weighted by Crippen LogP contribution is -2.40. The quantitative estimate of drug-likeness (QED) is 0.349. The van der Waals surface area contributed by atoms with Gasteiger partial charge in [0.25, 0.3) is 0 Å². The van der Waals surface area contributed by atoms with Crippen molar-refractivity contribution >= 4 is 29.4 Å². The summed E-state index contributed by atoms with van der Waals surface area (Å²) in [6.07, 6.45) is 7.21. The molecule has 2 N–H and O–H groups in total. The minimum atomic E-state index is -0.395. The van der Waals surface area contributed by atoms with Crippen LogP contribution in [0, 0.1) is 17.7 Å². The fraction of sp³-hybridized carbons (Fsp3) is 0.517. The molecule has 6 nitrogen and oxygen atoms in total. The molecule has 0 aromatic heterocycles. The van der Waals surface area contributed by atoms with Gasteiger partial charge in [-0.05, 0) is 80.0 Å². The zero-order chi connectivity index (χ0) is 25.7. The number of halogens is 1. The van der Waals surface area contributed by atoms with Crippen LogP contribution in [0.4, 0.5) is 26.2 Å². The summed E-state index contributed by atoms with van der Waals surface area (Å²) in [6.45, 7) is 7.58. The lowest BCUT2D eigenvalue weighted by atomic mass is 9.92. The highest BCUT2D eigenvalue weighted by Gasteiger charge is 2.40. The van der Waals surface area contributed by atoms with Crippen molar-refractivity contribution < 1.29 is 18.7 Å².